The van der Waals surface area contributed by atoms with Gasteiger partial charge in [-0.25, -0.2) is 4.68 Å². The summed E-state index contributed by atoms with van der Waals surface area (Å²) in [6, 6.07) is 18.8. The van der Waals surface area contributed by atoms with Gasteiger partial charge >= 0.3 is 0 Å². The fourth-order valence-corrected chi connectivity index (χ4v) is 4.44. The van der Waals surface area contributed by atoms with Gasteiger partial charge in [-0.3, -0.25) is 0 Å². The molecule has 4 nitrogen and oxygen atoms in total. The van der Waals surface area contributed by atoms with Gasteiger partial charge in [0, 0.05) is 21.8 Å². The minimum Gasteiger partial charge on any atom is -0.390 e. The Kier molecular flexibility index (Phi) is 4.14. The lowest BCUT2D eigenvalue weighted by molar-refractivity contribution is 0.181. The smallest absolute Gasteiger partial charge is 0.0815 e. The standard InChI is InChI=1S/C22H20BrN3O/c23-12-16(27)14-25-20-9-5-4-8-17(20)18-10-11-21-19(22(18)25)13-24-26(21)15-6-2-1-3-7-15/h1-9,13,16,27H,10-12,14H2. The predicted molar refractivity (Wildman–Crippen MR) is 112 cm³/mol. The number of aromatic nitrogens is 3. The van der Waals surface area contributed by atoms with Gasteiger partial charge in [0.05, 0.1) is 35.9 Å². The highest BCUT2D eigenvalue weighted by molar-refractivity contribution is 9.09. The van der Waals surface area contributed by atoms with Gasteiger partial charge in [0.2, 0.25) is 0 Å². The first-order valence-corrected chi connectivity index (χ1v) is 10.4. The van der Waals surface area contributed by atoms with Crippen LogP contribution in [0, 0.1) is 0 Å². The SMILES string of the molecule is OC(CBr)Cn1c2c(c3ccccc31)CCc1c-2cnn1-c1ccccc1. The van der Waals surface area contributed by atoms with Crippen LogP contribution < -0.4 is 0 Å². The Hall–Kier alpha value is -2.37. The molecular weight excluding hydrogens is 402 g/mol. The summed E-state index contributed by atoms with van der Waals surface area (Å²) in [5, 5.41) is 16.9. The first-order chi connectivity index (χ1) is 13.3. The van der Waals surface area contributed by atoms with Crippen molar-refractivity contribution in [2.75, 3.05) is 5.33 Å². The zero-order chi connectivity index (χ0) is 18.4. The van der Waals surface area contributed by atoms with E-state index >= 15 is 0 Å². The zero-order valence-corrected chi connectivity index (χ0v) is 16.4. The average Bonchev–Trinajstić information content (AvgIpc) is 3.28. The zero-order valence-electron chi connectivity index (χ0n) is 14.8. The number of hydrogen-bond acceptors (Lipinski definition) is 2. The number of benzene rings is 2. The van der Waals surface area contributed by atoms with E-state index in [1.807, 2.05) is 24.4 Å². The molecular formula is C22H20BrN3O. The Morgan fingerprint density at radius 1 is 1.04 bits per heavy atom. The second kappa shape index (κ2) is 6.66. The number of aliphatic hydroxyl groups is 1. The van der Waals surface area contributed by atoms with Gasteiger partial charge in [-0.05, 0) is 36.6 Å². The molecule has 4 aromatic rings. The van der Waals surface area contributed by atoms with Crippen LogP contribution in [0.25, 0.3) is 27.8 Å². The van der Waals surface area contributed by atoms with Crippen LogP contribution in [0.5, 0.6) is 0 Å². The summed E-state index contributed by atoms with van der Waals surface area (Å²) in [6.07, 6.45) is 3.50. The molecule has 136 valence electrons. The van der Waals surface area contributed by atoms with Crippen molar-refractivity contribution in [2.45, 2.75) is 25.5 Å². The minimum absolute atomic E-state index is 0.431. The molecule has 5 rings (SSSR count). The molecule has 2 aromatic heterocycles. The molecule has 0 saturated heterocycles. The Morgan fingerprint density at radius 3 is 2.63 bits per heavy atom. The van der Waals surface area contributed by atoms with E-state index in [2.05, 4.69) is 61.6 Å². The minimum atomic E-state index is -0.431. The molecule has 1 aliphatic carbocycles. The Labute approximate surface area is 166 Å². The van der Waals surface area contributed by atoms with Gasteiger partial charge in [0.15, 0.2) is 0 Å². The van der Waals surface area contributed by atoms with Crippen molar-refractivity contribution in [3.63, 3.8) is 0 Å². The van der Waals surface area contributed by atoms with Crippen LogP contribution in [0.1, 0.15) is 11.3 Å². The third-order valence-electron chi connectivity index (χ3n) is 5.38. The second-order valence-corrected chi connectivity index (χ2v) is 7.66. The van der Waals surface area contributed by atoms with Crippen LogP contribution in [0.3, 0.4) is 0 Å². The van der Waals surface area contributed by atoms with Crippen molar-refractivity contribution >= 4 is 26.8 Å². The molecule has 0 aliphatic heterocycles. The maximum absolute atomic E-state index is 10.3. The van der Waals surface area contributed by atoms with Gasteiger partial charge in [0.25, 0.3) is 0 Å². The lowest BCUT2D eigenvalue weighted by Crippen LogP contribution is -2.19. The van der Waals surface area contributed by atoms with Crippen molar-refractivity contribution in [2.24, 2.45) is 0 Å². The van der Waals surface area contributed by atoms with Crippen molar-refractivity contribution in [1.82, 2.24) is 14.3 Å². The molecule has 2 heterocycles. The number of aliphatic hydroxyl groups excluding tert-OH is 1. The first-order valence-electron chi connectivity index (χ1n) is 9.24. The second-order valence-electron chi connectivity index (χ2n) is 7.02. The maximum atomic E-state index is 10.3. The molecule has 5 heteroatoms. The van der Waals surface area contributed by atoms with Gasteiger partial charge in [0.1, 0.15) is 0 Å². The molecule has 1 aliphatic rings. The molecule has 1 atom stereocenters. The van der Waals surface area contributed by atoms with Crippen LogP contribution in [0.4, 0.5) is 0 Å². The number of fused-ring (bicyclic) bond motifs is 5. The van der Waals surface area contributed by atoms with E-state index in [9.17, 15) is 5.11 Å². The summed E-state index contributed by atoms with van der Waals surface area (Å²) >= 11 is 3.41. The van der Waals surface area contributed by atoms with Gasteiger partial charge in [-0.1, -0.05) is 52.3 Å². The van der Waals surface area contributed by atoms with Crippen molar-refractivity contribution in [3.8, 4) is 16.9 Å². The number of hydrogen-bond donors (Lipinski definition) is 1. The largest absolute Gasteiger partial charge is 0.390 e. The molecule has 1 N–H and O–H groups in total. The highest BCUT2D eigenvalue weighted by Gasteiger charge is 2.28. The number of para-hydroxylation sites is 2. The molecule has 27 heavy (non-hydrogen) atoms. The van der Waals surface area contributed by atoms with Gasteiger partial charge < -0.3 is 9.67 Å². The van der Waals surface area contributed by atoms with Crippen LogP contribution in [0.15, 0.2) is 60.8 Å². The number of halogens is 1. The molecule has 0 fully saturated rings. The van der Waals surface area contributed by atoms with E-state index in [0.29, 0.717) is 11.9 Å². The maximum Gasteiger partial charge on any atom is 0.0815 e. The Morgan fingerprint density at radius 2 is 1.81 bits per heavy atom. The van der Waals surface area contributed by atoms with E-state index < -0.39 is 6.10 Å². The molecule has 2 aromatic carbocycles. The summed E-state index contributed by atoms with van der Waals surface area (Å²) in [7, 11) is 0. The lowest BCUT2D eigenvalue weighted by Gasteiger charge is -2.19. The number of rotatable bonds is 4. The molecule has 0 radical (unpaired) electrons. The lowest BCUT2D eigenvalue weighted by atomic mass is 9.93. The van der Waals surface area contributed by atoms with Crippen molar-refractivity contribution in [3.05, 3.63) is 72.1 Å². The molecule has 1 unspecified atom stereocenters. The van der Waals surface area contributed by atoms with Crippen LogP contribution in [-0.2, 0) is 19.4 Å². The summed E-state index contributed by atoms with van der Waals surface area (Å²) in [5.41, 5.74) is 7.27. The Balaban J connectivity index is 1.74. The Bertz CT molecular complexity index is 1110. The number of aryl methyl sites for hydroxylation is 1. The number of alkyl halides is 1. The third-order valence-corrected chi connectivity index (χ3v) is 6.13. The van der Waals surface area contributed by atoms with Crippen LogP contribution in [-0.4, -0.2) is 30.9 Å². The van der Waals surface area contributed by atoms with E-state index in [1.165, 1.54) is 33.4 Å². The highest BCUT2D eigenvalue weighted by atomic mass is 79.9. The fourth-order valence-electron chi connectivity index (χ4n) is 4.23. The van der Waals surface area contributed by atoms with Crippen molar-refractivity contribution < 1.29 is 5.11 Å². The quantitative estimate of drug-likeness (QED) is 0.497. The van der Waals surface area contributed by atoms with Crippen LogP contribution in [0.2, 0.25) is 0 Å². The van der Waals surface area contributed by atoms with Crippen LogP contribution >= 0.6 is 15.9 Å². The topological polar surface area (TPSA) is 43.0 Å². The van der Waals surface area contributed by atoms with E-state index in [-0.39, 0.29) is 0 Å². The van der Waals surface area contributed by atoms with Gasteiger partial charge in [-0.15, -0.1) is 0 Å². The summed E-state index contributed by atoms with van der Waals surface area (Å²) < 4.78 is 4.33. The fraction of sp³-hybridized carbons (Fsp3) is 0.227. The summed E-state index contributed by atoms with van der Waals surface area (Å²) in [4.78, 5) is 0. The van der Waals surface area contributed by atoms with Crippen molar-refractivity contribution in [1.29, 1.82) is 0 Å². The van der Waals surface area contributed by atoms with E-state index in [1.54, 1.807) is 0 Å². The van der Waals surface area contributed by atoms with E-state index in [4.69, 9.17) is 5.10 Å². The average molecular weight is 422 g/mol. The molecule has 0 bridgehead atoms. The molecule has 0 saturated carbocycles. The molecule has 0 spiro atoms. The first kappa shape index (κ1) is 16.8. The summed E-state index contributed by atoms with van der Waals surface area (Å²) in [6.45, 7) is 0.567. The third kappa shape index (κ3) is 2.65. The molecule has 0 amide bonds. The van der Waals surface area contributed by atoms with Gasteiger partial charge in [-0.2, -0.15) is 5.10 Å². The van der Waals surface area contributed by atoms with E-state index in [0.717, 1.165) is 18.5 Å². The summed E-state index contributed by atoms with van der Waals surface area (Å²) in [5.74, 6) is 0. The highest BCUT2D eigenvalue weighted by Crippen LogP contribution is 2.40. The monoisotopic (exact) mass is 421 g/mol. The number of nitrogens with zero attached hydrogens (tertiary/aromatic N) is 3. The predicted octanol–water partition coefficient (Wildman–Crippen LogP) is 4.35. The normalized spacial score (nSPS) is 14.1.